The third-order valence-corrected chi connectivity index (χ3v) is 5.91. The quantitative estimate of drug-likeness (QED) is 0.838. The minimum Gasteiger partial charge on any atom is -0.454 e. The standard InChI is InChI=1S/C20H26N2O4/c1-13(23)16-8-18-19(26-12-25-18)9-17(16)21-20(24)11-22-7-6-14-4-2-3-5-15(14)10-22/h8-9,14-15H,2-7,10-12H2,1H3,(H,21,24)/t14-,15-/m1/s1. The average Bonchev–Trinajstić information content (AvgIpc) is 3.08. The number of nitrogens with zero attached hydrogens (tertiary/aromatic N) is 1. The molecule has 0 spiro atoms. The molecule has 2 atom stereocenters. The zero-order valence-corrected chi connectivity index (χ0v) is 15.3. The zero-order valence-electron chi connectivity index (χ0n) is 15.3. The number of hydrogen-bond donors (Lipinski definition) is 1. The van der Waals surface area contributed by atoms with Crippen LogP contribution in [0.25, 0.3) is 0 Å². The number of ketones is 1. The van der Waals surface area contributed by atoms with Crippen molar-refractivity contribution in [2.24, 2.45) is 11.8 Å². The number of rotatable bonds is 4. The summed E-state index contributed by atoms with van der Waals surface area (Å²) >= 11 is 0. The lowest BCUT2D eigenvalue weighted by atomic mass is 9.75. The van der Waals surface area contributed by atoms with Gasteiger partial charge in [0.25, 0.3) is 0 Å². The van der Waals surface area contributed by atoms with Crippen LogP contribution in [-0.2, 0) is 4.79 Å². The molecule has 1 aromatic carbocycles. The first-order valence-corrected chi connectivity index (χ1v) is 9.57. The molecule has 1 aromatic rings. The van der Waals surface area contributed by atoms with Gasteiger partial charge in [0, 0.05) is 18.2 Å². The van der Waals surface area contributed by atoms with Crippen molar-refractivity contribution in [3.05, 3.63) is 17.7 Å². The number of Topliss-reactive ketones (excluding diaryl/α,β-unsaturated/α-hetero) is 1. The lowest BCUT2D eigenvalue weighted by Crippen LogP contribution is -2.44. The molecule has 0 unspecified atom stereocenters. The summed E-state index contributed by atoms with van der Waals surface area (Å²) in [7, 11) is 0. The Kier molecular flexibility index (Phi) is 4.85. The first-order chi connectivity index (χ1) is 12.6. The summed E-state index contributed by atoms with van der Waals surface area (Å²) in [6, 6.07) is 3.33. The van der Waals surface area contributed by atoms with Gasteiger partial charge in [0.05, 0.1) is 12.2 Å². The molecule has 4 rings (SSSR count). The van der Waals surface area contributed by atoms with E-state index in [1.807, 2.05) is 0 Å². The molecule has 0 bridgehead atoms. The maximum atomic E-state index is 12.6. The summed E-state index contributed by atoms with van der Waals surface area (Å²) in [5.41, 5.74) is 0.952. The molecule has 1 saturated carbocycles. The summed E-state index contributed by atoms with van der Waals surface area (Å²) in [4.78, 5) is 26.8. The Bertz CT molecular complexity index is 718. The van der Waals surface area contributed by atoms with Crippen LogP contribution in [0.15, 0.2) is 12.1 Å². The van der Waals surface area contributed by atoms with E-state index in [1.165, 1.54) is 39.0 Å². The van der Waals surface area contributed by atoms with Gasteiger partial charge >= 0.3 is 0 Å². The molecule has 0 aromatic heterocycles. The van der Waals surface area contributed by atoms with Crippen LogP contribution < -0.4 is 14.8 Å². The molecule has 2 heterocycles. The first kappa shape index (κ1) is 17.3. The number of ether oxygens (including phenoxy) is 2. The number of amides is 1. The number of likely N-dealkylation sites (tertiary alicyclic amines) is 1. The summed E-state index contributed by atoms with van der Waals surface area (Å²) in [5, 5.41) is 2.90. The predicted molar refractivity (Wildman–Crippen MR) is 97.7 cm³/mol. The van der Waals surface area contributed by atoms with Gasteiger partial charge in [-0.3, -0.25) is 14.5 Å². The highest BCUT2D eigenvalue weighted by molar-refractivity contribution is 6.05. The number of carbonyl (C=O) groups is 2. The van der Waals surface area contributed by atoms with Gasteiger partial charge in [0.1, 0.15) is 0 Å². The SMILES string of the molecule is CC(=O)c1cc2c(cc1NC(=O)CN1CC[C@H]3CCCC[C@@H]3C1)OCO2. The lowest BCUT2D eigenvalue weighted by molar-refractivity contribution is -0.118. The summed E-state index contributed by atoms with van der Waals surface area (Å²) < 4.78 is 10.7. The number of hydrogen-bond acceptors (Lipinski definition) is 5. The zero-order chi connectivity index (χ0) is 18.1. The molecule has 0 radical (unpaired) electrons. The van der Waals surface area contributed by atoms with Gasteiger partial charge < -0.3 is 14.8 Å². The number of anilines is 1. The van der Waals surface area contributed by atoms with E-state index in [9.17, 15) is 9.59 Å². The van der Waals surface area contributed by atoms with E-state index in [-0.39, 0.29) is 18.5 Å². The lowest BCUT2D eigenvalue weighted by Gasteiger charge is -2.41. The van der Waals surface area contributed by atoms with E-state index < -0.39 is 0 Å². The highest BCUT2D eigenvalue weighted by Crippen LogP contribution is 2.38. The van der Waals surface area contributed by atoms with Crippen LogP contribution in [0.4, 0.5) is 5.69 Å². The maximum Gasteiger partial charge on any atom is 0.238 e. The molecule has 3 aliphatic rings. The molecule has 2 aliphatic heterocycles. The highest BCUT2D eigenvalue weighted by atomic mass is 16.7. The Labute approximate surface area is 153 Å². The minimum atomic E-state index is -0.110. The van der Waals surface area contributed by atoms with Crippen molar-refractivity contribution in [1.82, 2.24) is 4.90 Å². The van der Waals surface area contributed by atoms with E-state index >= 15 is 0 Å². The molecule has 1 N–H and O–H groups in total. The Balaban J connectivity index is 1.41. The topological polar surface area (TPSA) is 67.9 Å². The van der Waals surface area contributed by atoms with Crippen LogP contribution in [0.5, 0.6) is 11.5 Å². The second kappa shape index (κ2) is 7.27. The Hall–Kier alpha value is -2.08. The van der Waals surface area contributed by atoms with Gasteiger partial charge in [-0.15, -0.1) is 0 Å². The van der Waals surface area contributed by atoms with Gasteiger partial charge in [0.2, 0.25) is 12.7 Å². The summed E-state index contributed by atoms with van der Waals surface area (Å²) in [5.74, 6) is 2.51. The minimum absolute atomic E-state index is 0.0828. The third-order valence-electron chi connectivity index (χ3n) is 5.91. The molecular weight excluding hydrogens is 332 g/mol. The number of fused-ring (bicyclic) bond motifs is 2. The van der Waals surface area contributed by atoms with E-state index in [0.29, 0.717) is 29.3 Å². The number of piperidine rings is 1. The monoisotopic (exact) mass is 358 g/mol. The molecule has 140 valence electrons. The smallest absolute Gasteiger partial charge is 0.238 e. The first-order valence-electron chi connectivity index (χ1n) is 9.57. The third kappa shape index (κ3) is 3.56. The van der Waals surface area contributed by atoms with Crippen molar-refractivity contribution in [2.45, 2.75) is 39.0 Å². The van der Waals surface area contributed by atoms with Gasteiger partial charge in [-0.05, 0) is 44.2 Å². The molecule has 26 heavy (non-hydrogen) atoms. The Morgan fingerprint density at radius 3 is 2.62 bits per heavy atom. The van der Waals surface area contributed by atoms with Crippen LogP contribution in [-0.4, -0.2) is 43.0 Å². The largest absolute Gasteiger partial charge is 0.454 e. The van der Waals surface area contributed by atoms with Crippen molar-refractivity contribution in [3.63, 3.8) is 0 Å². The summed E-state index contributed by atoms with van der Waals surface area (Å²) in [6.07, 6.45) is 6.52. The van der Waals surface area contributed by atoms with E-state index in [1.54, 1.807) is 12.1 Å². The molecule has 1 amide bonds. The van der Waals surface area contributed by atoms with Crippen LogP contribution in [0, 0.1) is 11.8 Å². The van der Waals surface area contributed by atoms with Crippen LogP contribution >= 0.6 is 0 Å². The normalized spacial score (nSPS) is 24.8. The van der Waals surface area contributed by atoms with Crippen LogP contribution in [0.3, 0.4) is 0 Å². The van der Waals surface area contributed by atoms with Crippen molar-refractivity contribution in [2.75, 3.05) is 31.7 Å². The number of benzene rings is 1. The maximum absolute atomic E-state index is 12.6. The average molecular weight is 358 g/mol. The van der Waals surface area contributed by atoms with E-state index in [2.05, 4.69) is 10.2 Å². The van der Waals surface area contributed by atoms with E-state index in [4.69, 9.17) is 9.47 Å². The van der Waals surface area contributed by atoms with Crippen molar-refractivity contribution < 1.29 is 19.1 Å². The van der Waals surface area contributed by atoms with Crippen LogP contribution in [0.1, 0.15) is 49.4 Å². The highest BCUT2D eigenvalue weighted by Gasteiger charge is 2.31. The molecule has 2 fully saturated rings. The van der Waals surface area contributed by atoms with Crippen molar-refractivity contribution in [3.8, 4) is 11.5 Å². The van der Waals surface area contributed by atoms with Gasteiger partial charge in [-0.1, -0.05) is 19.3 Å². The summed E-state index contributed by atoms with van der Waals surface area (Å²) in [6.45, 7) is 3.99. The Morgan fingerprint density at radius 1 is 1.12 bits per heavy atom. The molecular formula is C20H26N2O4. The number of carbonyl (C=O) groups excluding carboxylic acids is 2. The van der Waals surface area contributed by atoms with Crippen molar-refractivity contribution >= 4 is 17.4 Å². The van der Waals surface area contributed by atoms with Gasteiger partial charge in [-0.25, -0.2) is 0 Å². The van der Waals surface area contributed by atoms with Crippen LogP contribution in [0.2, 0.25) is 0 Å². The second-order valence-electron chi connectivity index (χ2n) is 7.68. The van der Waals surface area contributed by atoms with E-state index in [0.717, 1.165) is 24.9 Å². The molecule has 6 heteroatoms. The molecule has 6 nitrogen and oxygen atoms in total. The van der Waals surface area contributed by atoms with Gasteiger partial charge in [-0.2, -0.15) is 0 Å². The van der Waals surface area contributed by atoms with Gasteiger partial charge in [0.15, 0.2) is 17.3 Å². The fourth-order valence-corrected chi connectivity index (χ4v) is 4.55. The predicted octanol–water partition coefficient (Wildman–Crippen LogP) is 3.07. The fourth-order valence-electron chi connectivity index (χ4n) is 4.55. The number of nitrogens with one attached hydrogen (secondary N) is 1. The fraction of sp³-hybridized carbons (Fsp3) is 0.600. The Morgan fingerprint density at radius 2 is 1.85 bits per heavy atom. The second-order valence-corrected chi connectivity index (χ2v) is 7.68. The molecule has 1 saturated heterocycles. The molecule has 1 aliphatic carbocycles. The van der Waals surface area contributed by atoms with Crippen molar-refractivity contribution in [1.29, 1.82) is 0 Å².